The van der Waals surface area contributed by atoms with Gasteiger partial charge in [0.15, 0.2) is 12.0 Å². The molecule has 0 aliphatic carbocycles. The lowest BCUT2D eigenvalue weighted by Crippen LogP contribution is -2.34. The van der Waals surface area contributed by atoms with Crippen LogP contribution in [0.4, 0.5) is 10.2 Å². The highest BCUT2D eigenvalue weighted by Gasteiger charge is 2.28. The predicted octanol–water partition coefficient (Wildman–Crippen LogP) is 3.18. The van der Waals surface area contributed by atoms with E-state index in [9.17, 15) is 14.8 Å². The highest BCUT2D eigenvalue weighted by Crippen LogP contribution is 2.35. The number of rotatable bonds is 5. The van der Waals surface area contributed by atoms with E-state index in [2.05, 4.69) is 16.3 Å². The number of anilines is 1. The van der Waals surface area contributed by atoms with Crippen molar-refractivity contribution in [1.82, 2.24) is 19.7 Å². The van der Waals surface area contributed by atoms with E-state index in [4.69, 9.17) is 27.8 Å². The maximum Gasteiger partial charge on any atom is 0.255 e. The molecule has 4 rings (SSSR count). The lowest BCUT2D eigenvalue weighted by atomic mass is 10.1. The zero-order chi connectivity index (χ0) is 22.8. The number of aliphatic hydroxyl groups is 1. The number of benzene rings is 1. The summed E-state index contributed by atoms with van der Waals surface area (Å²) in [6.07, 6.45) is 3.74. The summed E-state index contributed by atoms with van der Waals surface area (Å²) in [4.78, 5) is 5.49. The first-order valence-electron chi connectivity index (χ1n) is 9.93. The minimum Gasteiger partial charge on any atom is -0.436 e. The molecule has 2 aromatic heterocycles. The second-order valence-electron chi connectivity index (χ2n) is 7.45. The molecular weight excluding hydrogens is 437 g/mol. The molecule has 1 aliphatic rings. The number of ether oxygens (including phenoxy) is 1. The summed E-state index contributed by atoms with van der Waals surface area (Å²) in [5, 5.41) is 24.2. The SMILES string of the molecule is N#CN1CCC[C@@H](n2nc(-c3ccc(Oc4ncc(Cl)cc4F)cc3)c(C(N)O)c2N)C1. The fourth-order valence-electron chi connectivity index (χ4n) is 3.76. The van der Waals surface area contributed by atoms with Crippen molar-refractivity contribution in [3.8, 4) is 29.1 Å². The third-order valence-corrected chi connectivity index (χ3v) is 5.49. The summed E-state index contributed by atoms with van der Waals surface area (Å²) in [5.74, 6) is -0.275. The number of hydrogen-bond donors (Lipinski definition) is 3. The number of nitriles is 1. The van der Waals surface area contributed by atoms with Crippen LogP contribution in [-0.2, 0) is 0 Å². The van der Waals surface area contributed by atoms with Gasteiger partial charge in [0, 0.05) is 18.3 Å². The summed E-state index contributed by atoms with van der Waals surface area (Å²) >= 11 is 5.71. The standard InChI is InChI=1S/C21H21ClFN7O2/c22-13-8-16(23)21(27-9-13)32-15-5-3-12(4-6-15)18-17(20(26)31)19(25)30(28-18)14-2-1-7-29(10-14)11-24/h3-6,8-9,14,20,31H,1-2,7,10,25-26H2/t14-,20?/m1/s1. The fraction of sp³-hybridized carbons (Fsp3) is 0.286. The van der Waals surface area contributed by atoms with Crippen molar-refractivity contribution < 1.29 is 14.2 Å². The van der Waals surface area contributed by atoms with E-state index in [1.54, 1.807) is 33.8 Å². The van der Waals surface area contributed by atoms with Crippen molar-refractivity contribution in [1.29, 1.82) is 5.26 Å². The van der Waals surface area contributed by atoms with Crippen LogP contribution < -0.4 is 16.2 Å². The Morgan fingerprint density at radius 2 is 2.09 bits per heavy atom. The number of nitrogen functional groups attached to an aromatic ring is 1. The fourth-order valence-corrected chi connectivity index (χ4v) is 3.90. The van der Waals surface area contributed by atoms with Gasteiger partial charge in [-0.2, -0.15) is 10.4 Å². The normalized spacial score (nSPS) is 17.1. The minimum atomic E-state index is -1.34. The average Bonchev–Trinajstić information content (AvgIpc) is 3.13. The van der Waals surface area contributed by atoms with Gasteiger partial charge in [-0.05, 0) is 43.2 Å². The summed E-state index contributed by atoms with van der Waals surface area (Å²) in [6, 6.07) is 7.63. The Hall–Kier alpha value is -3.39. The Balaban J connectivity index is 1.63. The van der Waals surface area contributed by atoms with Crippen LogP contribution in [0.3, 0.4) is 0 Å². The smallest absolute Gasteiger partial charge is 0.255 e. The lowest BCUT2D eigenvalue weighted by Gasteiger charge is -2.29. The van der Waals surface area contributed by atoms with Crippen molar-refractivity contribution >= 4 is 17.4 Å². The molecule has 2 atom stereocenters. The zero-order valence-corrected chi connectivity index (χ0v) is 17.7. The zero-order valence-electron chi connectivity index (χ0n) is 16.9. The van der Waals surface area contributed by atoms with Crippen LogP contribution >= 0.6 is 11.6 Å². The van der Waals surface area contributed by atoms with Gasteiger partial charge < -0.3 is 26.2 Å². The minimum absolute atomic E-state index is 0.115. The maximum atomic E-state index is 13.9. The van der Waals surface area contributed by atoms with Gasteiger partial charge in [-0.15, -0.1) is 0 Å². The van der Waals surface area contributed by atoms with Crippen LogP contribution in [0.2, 0.25) is 5.02 Å². The van der Waals surface area contributed by atoms with Crippen LogP contribution in [0.15, 0.2) is 36.5 Å². The van der Waals surface area contributed by atoms with Gasteiger partial charge in [-0.25, -0.2) is 14.1 Å². The molecule has 3 heterocycles. The van der Waals surface area contributed by atoms with Crippen molar-refractivity contribution in [3.05, 3.63) is 52.9 Å². The van der Waals surface area contributed by atoms with Crippen LogP contribution in [-0.4, -0.2) is 37.9 Å². The Labute approximate surface area is 188 Å². The lowest BCUT2D eigenvalue weighted by molar-refractivity contribution is 0.187. The molecule has 5 N–H and O–H groups in total. The molecular formula is C21H21ClFN7O2. The Kier molecular flexibility index (Phi) is 6.14. The van der Waals surface area contributed by atoms with E-state index in [1.807, 2.05) is 0 Å². The van der Waals surface area contributed by atoms with Crippen LogP contribution in [0.25, 0.3) is 11.3 Å². The largest absolute Gasteiger partial charge is 0.436 e. The predicted molar refractivity (Wildman–Crippen MR) is 116 cm³/mol. The summed E-state index contributed by atoms with van der Waals surface area (Å²) in [6.45, 7) is 1.17. The first kappa shape index (κ1) is 21.8. The van der Waals surface area contributed by atoms with Crippen molar-refractivity contribution in [2.75, 3.05) is 18.8 Å². The summed E-state index contributed by atoms with van der Waals surface area (Å²) < 4.78 is 21.0. The molecule has 1 unspecified atom stereocenters. The van der Waals surface area contributed by atoms with Crippen molar-refractivity contribution in [2.24, 2.45) is 5.73 Å². The number of likely N-dealkylation sites (tertiary alicyclic amines) is 1. The molecule has 0 spiro atoms. The van der Waals surface area contributed by atoms with Gasteiger partial charge in [-0.1, -0.05) is 11.6 Å². The highest BCUT2D eigenvalue weighted by molar-refractivity contribution is 6.30. The second kappa shape index (κ2) is 9.00. The molecule has 9 nitrogen and oxygen atoms in total. The first-order chi connectivity index (χ1) is 15.4. The molecule has 1 saturated heterocycles. The van der Waals surface area contributed by atoms with E-state index < -0.39 is 12.0 Å². The molecule has 0 bridgehead atoms. The molecule has 0 saturated carbocycles. The number of halogens is 2. The first-order valence-corrected chi connectivity index (χ1v) is 10.3. The Bertz CT molecular complexity index is 1160. The van der Waals surface area contributed by atoms with Crippen molar-refractivity contribution in [2.45, 2.75) is 25.1 Å². The average molecular weight is 458 g/mol. The number of aromatic nitrogens is 3. The van der Waals surface area contributed by atoms with Gasteiger partial charge in [-0.3, -0.25) is 0 Å². The number of aliphatic hydroxyl groups excluding tert-OH is 1. The van der Waals surface area contributed by atoms with Gasteiger partial charge in [0.1, 0.15) is 23.5 Å². The molecule has 1 aliphatic heterocycles. The van der Waals surface area contributed by atoms with Gasteiger partial charge in [0.05, 0.1) is 23.2 Å². The Morgan fingerprint density at radius 1 is 1.34 bits per heavy atom. The molecule has 0 radical (unpaired) electrons. The van der Waals surface area contributed by atoms with Crippen LogP contribution in [0.5, 0.6) is 11.6 Å². The quantitative estimate of drug-likeness (QED) is 0.392. The van der Waals surface area contributed by atoms with Gasteiger partial charge >= 0.3 is 0 Å². The monoisotopic (exact) mass is 457 g/mol. The highest BCUT2D eigenvalue weighted by atomic mass is 35.5. The summed E-state index contributed by atoms with van der Waals surface area (Å²) in [5.41, 5.74) is 13.4. The number of piperidine rings is 1. The molecule has 0 amide bonds. The third-order valence-electron chi connectivity index (χ3n) is 5.28. The van der Waals surface area contributed by atoms with Gasteiger partial charge in [0.25, 0.3) is 5.88 Å². The number of nitrogens with two attached hydrogens (primary N) is 2. The van der Waals surface area contributed by atoms with Crippen molar-refractivity contribution in [3.63, 3.8) is 0 Å². The number of hydrogen-bond acceptors (Lipinski definition) is 8. The van der Waals surface area contributed by atoms with E-state index in [0.717, 1.165) is 18.9 Å². The number of pyridine rings is 1. The van der Waals surface area contributed by atoms with Crippen LogP contribution in [0.1, 0.15) is 30.7 Å². The van der Waals surface area contributed by atoms with Crippen LogP contribution in [0, 0.1) is 17.3 Å². The van der Waals surface area contributed by atoms with E-state index in [0.29, 0.717) is 35.7 Å². The van der Waals surface area contributed by atoms with E-state index in [1.165, 1.54) is 6.20 Å². The maximum absolute atomic E-state index is 13.9. The Morgan fingerprint density at radius 3 is 2.75 bits per heavy atom. The third kappa shape index (κ3) is 4.31. The molecule has 1 fully saturated rings. The topological polar surface area (TPSA) is 139 Å². The molecule has 11 heteroatoms. The van der Waals surface area contributed by atoms with E-state index >= 15 is 0 Å². The summed E-state index contributed by atoms with van der Waals surface area (Å²) in [7, 11) is 0. The van der Waals surface area contributed by atoms with Gasteiger partial charge in [0.2, 0.25) is 0 Å². The second-order valence-corrected chi connectivity index (χ2v) is 7.88. The number of nitrogens with zero attached hydrogens (tertiary/aromatic N) is 5. The molecule has 1 aromatic carbocycles. The molecule has 166 valence electrons. The van der Waals surface area contributed by atoms with E-state index in [-0.39, 0.29) is 22.8 Å². The molecule has 32 heavy (non-hydrogen) atoms. The molecule has 3 aromatic rings.